The molecule has 2 fully saturated rings. The molecule has 1 aliphatic heterocycles. The van der Waals surface area contributed by atoms with Gasteiger partial charge < -0.3 is 14.8 Å². The summed E-state index contributed by atoms with van der Waals surface area (Å²) < 4.78 is 39.4. The Labute approximate surface area is 173 Å². The van der Waals surface area contributed by atoms with Gasteiger partial charge in [-0.1, -0.05) is 25.3 Å². The molecule has 1 atom stereocenters. The van der Waals surface area contributed by atoms with Gasteiger partial charge in [0.05, 0.1) is 19.8 Å². The maximum atomic E-state index is 13.6. The molecule has 8 heteroatoms. The second kappa shape index (κ2) is 9.91. The van der Waals surface area contributed by atoms with Crippen molar-refractivity contribution in [1.29, 1.82) is 0 Å². The summed E-state index contributed by atoms with van der Waals surface area (Å²) >= 11 is 0. The minimum atomic E-state index is -3.88. The molecule has 1 aromatic carbocycles. The summed E-state index contributed by atoms with van der Waals surface area (Å²) in [6, 6.07) is 4.93. The number of rotatable bonds is 8. The second-order valence-corrected chi connectivity index (χ2v) is 9.79. The third kappa shape index (κ3) is 5.49. The Kier molecular flexibility index (Phi) is 7.54. The summed E-state index contributed by atoms with van der Waals surface area (Å²) in [5, 5.41) is 2.86. The predicted molar refractivity (Wildman–Crippen MR) is 110 cm³/mol. The lowest BCUT2D eigenvalue weighted by atomic mass is 9.95. The van der Waals surface area contributed by atoms with Crippen molar-refractivity contribution in [1.82, 2.24) is 9.62 Å². The van der Waals surface area contributed by atoms with Crippen LogP contribution in [0.4, 0.5) is 0 Å². The smallest absolute Gasteiger partial charge is 0.247 e. The Balaban J connectivity index is 1.82. The number of carbonyl (C=O) groups excluding carboxylic acids is 1. The minimum absolute atomic E-state index is 0.0237. The van der Waals surface area contributed by atoms with Gasteiger partial charge in [-0.25, -0.2) is 8.42 Å². The van der Waals surface area contributed by atoms with Crippen molar-refractivity contribution in [2.24, 2.45) is 0 Å². The molecular formula is C21H32N2O5S. The molecule has 0 spiro atoms. The minimum Gasteiger partial charge on any atom is -0.495 e. The molecule has 1 saturated carbocycles. The van der Waals surface area contributed by atoms with Gasteiger partial charge >= 0.3 is 0 Å². The van der Waals surface area contributed by atoms with Crippen molar-refractivity contribution >= 4 is 15.9 Å². The largest absolute Gasteiger partial charge is 0.495 e. The van der Waals surface area contributed by atoms with E-state index < -0.39 is 10.0 Å². The van der Waals surface area contributed by atoms with E-state index in [4.69, 9.17) is 9.47 Å². The number of sulfonamides is 1. The van der Waals surface area contributed by atoms with Crippen LogP contribution in [-0.2, 0) is 19.6 Å². The predicted octanol–water partition coefficient (Wildman–Crippen LogP) is 2.62. The van der Waals surface area contributed by atoms with Gasteiger partial charge in [0.1, 0.15) is 10.6 Å². The highest BCUT2D eigenvalue weighted by atomic mass is 32.2. The van der Waals surface area contributed by atoms with Crippen LogP contribution in [0, 0.1) is 6.92 Å². The third-order valence-corrected chi connectivity index (χ3v) is 7.66. The van der Waals surface area contributed by atoms with Crippen molar-refractivity contribution < 1.29 is 22.7 Å². The molecule has 2 aliphatic rings. The Bertz CT molecular complexity index is 799. The van der Waals surface area contributed by atoms with Crippen LogP contribution >= 0.6 is 0 Å². The first-order valence-electron chi connectivity index (χ1n) is 10.5. The van der Waals surface area contributed by atoms with E-state index in [2.05, 4.69) is 5.32 Å². The lowest BCUT2D eigenvalue weighted by molar-refractivity contribution is -0.122. The summed E-state index contributed by atoms with van der Waals surface area (Å²) in [6.45, 7) is 2.80. The van der Waals surface area contributed by atoms with Crippen LogP contribution in [0.25, 0.3) is 0 Å². The number of carbonyl (C=O) groups is 1. The topological polar surface area (TPSA) is 84.9 Å². The van der Waals surface area contributed by atoms with E-state index >= 15 is 0 Å². The molecule has 1 aliphatic carbocycles. The number of benzene rings is 1. The molecule has 29 heavy (non-hydrogen) atoms. The van der Waals surface area contributed by atoms with Crippen LogP contribution in [0.2, 0.25) is 0 Å². The Hall–Kier alpha value is -1.64. The van der Waals surface area contributed by atoms with Gasteiger partial charge in [0.15, 0.2) is 0 Å². The Morgan fingerprint density at radius 2 is 1.97 bits per heavy atom. The summed E-state index contributed by atoms with van der Waals surface area (Å²) in [7, 11) is -2.42. The van der Waals surface area contributed by atoms with E-state index in [9.17, 15) is 13.2 Å². The zero-order chi connectivity index (χ0) is 20.9. The summed E-state index contributed by atoms with van der Waals surface area (Å²) in [5.74, 6) is 0.0115. The SMILES string of the molecule is COc1ccc(C)cc1S(=O)(=O)N(CC(=O)NC[C@@H]1CCCO1)C1CCCCC1. The number of ether oxygens (including phenoxy) is 2. The van der Waals surface area contributed by atoms with Crippen molar-refractivity contribution in [2.45, 2.75) is 68.9 Å². The Morgan fingerprint density at radius 3 is 2.62 bits per heavy atom. The number of nitrogens with zero attached hydrogens (tertiary/aromatic N) is 1. The van der Waals surface area contributed by atoms with E-state index in [0.717, 1.165) is 57.1 Å². The van der Waals surface area contributed by atoms with Gasteiger partial charge in [-0.3, -0.25) is 4.79 Å². The highest BCUT2D eigenvalue weighted by molar-refractivity contribution is 7.89. The van der Waals surface area contributed by atoms with Crippen LogP contribution in [0.1, 0.15) is 50.5 Å². The zero-order valence-corrected chi connectivity index (χ0v) is 18.2. The van der Waals surface area contributed by atoms with E-state index in [1.54, 1.807) is 12.1 Å². The maximum absolute atomic E-state index is 13.6. The fourth-order valence-electron chi connectivity index (χ4n) is 4.12. The van der Waals surface area contributed by atoms with E-state index in [-0.39, 0.29) is 29.5 Å². The molecule has 1 amide bonds. The van der Waals surface area contributed by atoms with Gasteiger partial charge in [-0.05, 0) is 50.3 Å². The first kappa shape index (κ1) is 22.1. The monoisotopic (exact) mass is 424 g/mol. The molecule has 0 bridgehead atoms. The summed E-state index contributed by atoms with van der Waals surface area (Å²) in [4.78, 5) is 12.8. The van der Waals surface area contributed by atoms with Crippen LogP contribution in [0.15, 0.2) is 23.1 Å². The number of methoxy groups -OCH3 is 1. The van der Waals surface area contributed by atoms with Gasteiger partial charge in [0, 0.05) is 19.2 Å². The maximum Gasteiger partial charge on any atom is 0.247 e. The van der Waals surface area contributed by atoms with Gasteiger partial charge in [-0.15, -0.1) is 0 Å². The Morgan fingerprint density at radius 1 is 1.21 bits per heavy atom. The average Bonchev–Trinajstić information content (AvgIpc) is 3.24. The number of nitrogens with one attached hydrogen (secondary N) is 1. The number of aryl methyl sites for hydroxylation is 1. The fourth-order valence-corrected chi connectivity index (χ4v) is 6.01. The third-order valence-electron chi connectivity index (χ3n) is 5.74. The first-order chi connectivity index (χ1) is 13.9. The van der Waals surface area contributed by atoms with Crippen LogP contribution < -0.4 is 10.1 Å². The number of hydrogen-bond donors (Lipinski definition) is 1. The molecule has 0 radical (unpaired) electrons. The standard InChI is InChI=1S/C21H32N2O5S/c1-16-10-11-19(27-2)20(13-16)29(25,26)23(17-7-4-3-5-8-17)15-21(24)22-14-18-9-6-12-28-18/h10-11,13,17-18H,3-9,12,14-15H2,1-2H3,(H,22,24)/t18-/m0/s1. The lowest BCUT2D eigenvalue weighted by Gasteiger charge is -2.33. The lowest BCUT2D eigenvalue weighted by Crippen LogP contribution is -2.48. The van der Waals surface area contributed by atoms with E-state index in [1.165, 1.54) is 11.4 Å². The highest BCUT2D eigenvalue weighted by Crippen LogP contribution is 2.32. The molecule has 1 heterocycles. The molecule has 0 aromatic heterocycles. The quantitative estimate of drug-likeness (QED) is 0.693. The van der Waals surface area contributed by atoms with Crippen LogP contribution in [-0.4, -0.2) is 57.6 Å². The van der Waals surface area contributed by atoms with Gasteiger partial charge in [0.2, 0.25) is 15.9 Å². The molecule has 1 aromatic rings. The van der Waals surface area contributed by atoms with E-state index in [0.29, 0.717) is 12.3 Å². The van der Waals surface area contributed by atoms with Crippen LogP contribution in [0.5, 0.6) is 5.75 Å². The molecule has 162 valence electrons. The first-order valence-corrected chi connectivity index (χ1v) is 11.9. The van der Waals surface area contributed by atoms with Gasteiger partial charge in [-0.2, -0.15) is 4.31 Å². The highest BCUT2D eigenvalue weighted by Gasteiger charge is 2.36. The molecular weight excluding hydrogens is 392 g/mol. The van der Waals surface area contributed by atoms with Gasteiger partial charge in [0.25, 0.3) is 0 Å². The van der Waals surface area contributed by atoms with E-state index in [1.807, 2.05) is 13.0 Å². The van der Waals surface area contributed by atoms with Crippen molar-refractivity contribution in [3.05, 3.63) is 23.8 Å². The van der Waals surface area contributed by atoms with Crippen molar-refractivity contribution in [3.8, 4) is 5.75 Å². The van der Waals surface area contributed by atoms with Crippen molar-refractivity contribution in [2.75, 3.05) is 26.8 Å². The molecule has 7 nitrogen and oxygen atoms in total. The second-order valence-electron chi connectivity index (χ2n) is 7.94. The molecule has 3 rings (SSSR count). The molecule has 1 saturated heterocycles. The summed E-state index contributed by atoms with van der Waals surface area (Å²) in [5.41, 5.74) is 0.829. The van der Waals surface area contributed by atoms with Crippen molar-refractivity contribution in [3.63, 3.8) is 0 Å². The zero-order valence-electron chi connectivity index (χ0n) is 17.4. The number of amides is 1. The average molecular weight is 425 g/mol. The number of hydrogen-bond acceptors (Lipinski definition) is 5. The molecule has 0 unspecified atom stereocenters. The van der Waals surface area contributed by atoms with Crippen LogP contribution in [0.3, 0.4) is 0 Å². The normalized spacial score (nSPS) is 20.7. The fraction of sp³-hybridized carbons (Fsp3) is 0.667. The summed E-state index contributed by atoms with van der Waals surface area (Å²) in [6.07, 6.45) is 6.53. The molecule has 1 N–H and O–H groups in total.